The van der Waals surface area contributed by atoms with E-state index in [1.807, 2.05) is 27.7 Å². The molecule has 1 unspecified atom stereocenters. The molecular weight excluding hydrogens is 192 g/mol. The lowest BCUT2D eigenvalue weighted by Gasteiger charge is -2.30. The van der Waals surface area contributed by atoms with Crippen molar-refractivity contribution in [2.45, 2.75) is 52.3 Å². The summed E-state index contributed by atoms with van der Waals surface area (Å²) < 4.78 is 5.42. The van der Waals surface area contributed by atoms with Crippen LogP contribution in [0.4, 0.5) is 4.79 Å². The molecule has 1 aliphatic heterocycles. The summed E-state index contributed by atoms with van der Waals surface area (Å²) in [7, 11) is 0. The van der Waals surface area contributed by atoms with Gasteiger partial charge in [0, 0.05) is 18.6 Å². The van der Waals surface area contributed by atoms with Gasteiger partial charge in [0.15, 0.2) is 0 Å². The minimum atomic E-state index is -0.186. The first-order valence-corrected chi connectivity index (χ1v) is 5.72. The Hall–Kier alpha value is -0.770. The van der Waals surface area contributed by atoms with Gasteiger partial charge in [-0.25, -0.2) is 4.79 Å². The van der Waals surface area contributed by atoms with Crippen molar-refractivity contribution in [1.82, 2.24) is 10.2 Å². The molecule has 0 aliphatic carbocycles. The molecule has 0 aromatic heterocycles. The average molecular weight is 214 g/mol. The molecule has 1 aliphatic rings. The second kappa shape index (κ2) is 5.35. The second-order valence-corrected chi connectivity index (χ2v) is 4.59. The van der Waals surface area contributed by atoms with E-state index in [2.05, 4.69) is 5.32 Å². The van der Waals surface area contributed by atoms with Gasteiger partial charge in [0.05, 0.1) is 0 Å². The Bertz CT molecular complexity index is 203. The largest absolute Gasteiger partial charge is 0.445 e. The van der Waals surface area contributed by atoms with Crippen LogP contribution in [0.5, 0.6) is 0 Å². The van der Waals surface area contributed by atoms with E-state index in [1.165, 1.54) is 0 Å². The van der Waals surface area contributed by atoms with E-state index in [1.54, 1.807) is 4.90 Å². The molecule has 15 heavy (non-hydrogen) atoms. The summed E-state index contributed by atoms with van der Waals surface area (Å²) in [5.74, 6) is 0. The predicted molar refractivity (Wildman–Crippen MR) is 59.9 cm³/mol. The quantitative estimate of drug-likeness (QED) is 0.776. The molecule has 0 bridgehead atoms. The fourth-order valence-electron chi connectivity index (χ4n) is 1.95. The number of nitrogens with one attached hydrogen (secondary N) is 1. The molecule has 1 rings (SSSR count). The summed E-state index contributed by atoms with van der Waals surface area (Å²) in [6, 6.07) is 0.374. The van der Waals surface area contributed by atoms with Gasteiger partial charge in [0.25, 0.3) is 0 Å². The van der Waals surface area contributed by atoms with Crippen LogP contribution in [0.15, 0.2) is 0 Å². The number of rotatable bonds is 3. The molecule has 0 aromatic rings. The summed E-state index contributed by atoms with van der Waals surface area (Å²) in [6.07, 6.45) is 0.793. The Morgan fingerprint density at radius 1 is 1.33 bits per heavy atom. The number of carbonyl (C=O) groups is 1. The van der Waals surface area contributed by atoms with E-state index in [0.29, 0.717) is 0 Å². The van der Waals surface area contributed by atoms with Gasteiger partial charge in [-0.2, -0.15) is 0 Å². The Morgan fingerprint density at radius 2 is 1.93 bits per heavy atom. The van der Waals surface area contributed by atoms with Gasteiger partial charge < -0.3 is 15.0 Å². The number of hydrogen-bond donors (Lipinski definition) is 1. The van der Waals surface area contributed by atoms with Crippen LogP contribution in [-0.2, 0) is 4.74 Å². The zero-order chi connectivity index (χ0) is 11.4. The Balaban J connectivity index is 2.48. The molecule has 4 nitrogen and oxygen atoms in total. The zero-order valence-corrected chi connectivity index (χ0v) is 10.1. The first-order chi connectivity index (χ1) is 7.02. The van der Waals surface area contributed by atoms with Crippen molar-refractivity contribution in [2.24, 2.45) is 0 Å². The van der Waals surface area contributed by atoms with Crippen LogP contribution in [0.2, 0.25) is 0 Å². The molecule has 0 saturated carbocycles. The number of nitrogens with zero attached hydrogens (tertiary/aromatic N) is 1. The van der Waals surface area contributed by atoms with Crippen molar-refractivity contribution in [3.8, 4) is 0 Å². The fraction of sp³-hybridized carbons (Fsp3) is 0.909. The normalized spacial score (nSPS) is 21.1. The smallest absolute Gasteiger partial charge is 0.410 e. The van der Waals surface area contributed by atoms with Crippen molar-refractivity contribution in [2.75, 3.05) is 13.1 Å². The second-order valence-electron chi connectivity index (χ2n) is 4.59. The maximum Gasteiger partial charge on any atom is 0.410 e. The van der Waals surface area contributed by atoms with Crippen LogP contribution < -0.4 is 5.32 Å². The average Bonchev–Trinajstić information content (AvgIpc) is 2.54. The maximum atomic E-state index is 11.9. The molecule has 1 heterocycles. The van der Waals surface area contributed by atoms with Crippen molar-refractivity contribution in [1.29, 1.82) is 0 Å². The minimum absolute atomic E-state index is 0.0532. The minimum Gasteiger partial charge on any atom is -0.445 e. The van der Waals surface area contributed by atoms with Gasteiger partial charge in [-0.15, -0.1) is 0 Å². The van der Waals surface area contributed by atoms with Crippen LogP contribution in [0.3, 0.4) is 0 Å². The predicted octanol–water partition coefficient (Wildman–Crippen LogP) is 1.60. The van der Waals surface area contributed by atoms with Crippen molar-refractivity contribution in [3.05, 3.63) is 0 Å². The van der Waals surface area contributed by atoms with E-state index >= 15 is 0 Å². The zero-order valence-electron chi connectivity index (χ0n) is 10.1. The highest BCUT2D eigenvalue weighted by Crippen LogP contribution is 2.11. The van der Waals surface area contributed by atoms with Gasteiger partial charge >= 0.3 is 6.09 Å². The van der Waals surface area contributed by atoms with Crippen LogP contribution in [0.25, 0.3) is 0 Å². The lowest BCUT2D eigenvalue weighted by atomic mass is 10.2. The van der Waals surface area contributed by atoms with Crippen molar-refractivity contribution >= 4 is 6.09 Å². The van der Waals surface area contributed by atoms with Gasteiger partial charge in [0.1, 0.15) is 6.10 Å². The molecule has 0 spiro atoms. The molecule has 1 atom stereocenters. The lowest BCUT2D eigenvalue weighted by molar-refractivity contribution is 0.0520. The topological polar surface area (TPSA) is 41.6 Å². The van der Waals surface area contributed by atoms with E-state index in [-0.39, 0.29) is 24.3 Å². The van der Waals surface area contributed by atoms with E-state index in [4.69, 9.17) is 4.74 Å². The van der Waals surface area contributed by atoms with Crippen LogP contribution in [-0.4, -0.2) is 42.3 Å². The Kier molecular flexibility index (Phi) is 4.39. The van der Waals surface area contributed by atoms with Crippen LogP contribution in [0.1, 0.15) is 34.1 Å². The summed E-state index contributed by atoms with van der Waals surface area (Å²) in [4.78, 5) is 13.6. The summed E-state index contributed by atoms with van der Waals surface area (Å²) in [6.45, 7) is 9.77. The third-order valence-corrected chi connectivity index (χ3v) is 2.61. The Morgan fingerprint density at radius 3 is 2.33 bits per heavy atom. The molecule has 1 saturated heterocycles. The first-order valence-electron chi connectivity index (χ1n) is 5.72. The Labute approximate surface area is 92.0 Å². The standard InChI is InChI=1S/C11H22N2O2/c1-8(2)13(9(3)4)11(14)15-10-5-6-12-7-10/h8-10,12H,5-7H2,1-4H3. The third-order valence-electron chi connectivity index (χ3n) is 2.61. The number of carbonyl (C=O) groups excluding carboxylic acids is 1. The summed E-state index contributed by atoms with van der Waals surface area (Å²) in [5.41, 5.74) is 0. The van der Waals surface area contributed by atoms with Gasteiger partial charge in [0.2, 0.25) is 0 Å². The van der Waals surface area contributed by atoms with E-state index in [9.17, 15) is 4.79 Å². The maximum absolute atomic E-state index is 11.9. The molecule has 4 heteroatoms. The van der Waals surface area contributed by atoms with Crippen molar-refractivity contribution in [3.63, 3.8) is 0 Å². The van der Waals surface area contributed by atoms with Gasteiger partial charge in [-0.05, 0) is 40.7 Å². The summed E-state index contributed by atoms with van der Waals surface area (Å²) in [5, 5.41) is 3.18. The number of hydrogen-bond acceptors (Lipinski definition) is 3. The number of ether oxygens (including phenoxy) is 1. The molecule has 88 valence electrons. The van der Waals surface area contributed by atoms with Crippen molar-refractivity contribution < 1.29 is 9.53 Å². The molecule has 1 N–H and O–H groups in total. The van der Waals surface area contributed by atoms with E-state index in [0.717, 1.165) is 19.5 Å². The molecule has 0 radical (unpaired) electrons. The first kappa shape index (κ1) is 12.3. The molecular formula is C11H22N2O2. The lowest BCUT2D eigenvalue weighted by Crippen LogP contribution is -2.43. The van der Waals surface area contributed by atoms with E-state index < -0.39 is 0 Å². The van der Waals surface area contributed by atoms with Gasteiger partial charge in [-0.1, -0.05) is 0 Å². The molecule has 1 fully saturated rings. The van der Waals surface area contributed by atoms with Crippen LogP contribution >= 0.6 is 0 Å². The SMILES string of the molecule is CC(C)N(C(=O)OC1CCNC1)C(C)C. The third kappa shape index (κ3) is 3.38. The van der Waals surface area contributed by atoms with Gasteiger partial charge in [-0.3, -0.25) is 0 Å². The highest BCUT2D eigenvalue weighted by Gasteiger charge is 2.25. The fourth-order valence-corrected chi connectivity index (χ4v) is 1.95. The summed E-state index contributed by atoms with van der Waals surface area (Å²) >= 11 is 0. The highest BCUT2D eigenvalue weighted by atomic mass is 16.6. The molecule has 1 amide bonds. The number of amides is 1. The monoisotopic (exact) mass is 214 g/mol. The molecule has 0 aromatic carbocycles. The highest BCUT2D eigenvalue weighted by molar-refractivity contribution is 5.68. The van der Waals surface area contributed by atoms with Crippen LogP contribution in [0, 0.1) is 0 Å².